The van der Waals surface area contributed by atoms with Crippen LogP contribution in [0.25, 0.3) is 5.69 Å². The number of hydrogen-bond donors (Lipinski definition) is 1. The Balaban J connectivity index is 1.73. The van der Waals surface area contributed by atoms with Crippen LogP contribution in [0.15, 0.2) is 48.8 Å². The van der Waals surface area contributed by atoms with Crippen LogP contribution in [0.2, 0.25) is 5.02 Å². The Morgan fingerprint density at radius 2 is 2.08 bits per heavy atom. The van der Waals surface area contributed by atoms with E-state index in [9.17, 15) is 9.18 Å². The van der Waals surface area contributed by atoms with Crippen LogP contribution in [-0.2, 0) is 6.42 Å². The van der Waals surface area contributed by atoms with Crippen molar-refractivity contribution in [2.75, 3.05) is 6.54 Å². The summed E-state index contributed by atoms with van der Waals surface area (Å²) >= 11 is 5.98. The van der Waals surface area contributed by atoms with Gasteiger partial charge in [-0.15, -0.1) is 5.10 Å². The van der Waals surface area contributed by atoms with Crippen molar-refractivity contribution in [3.63, 3.8) is 0 Å². The molecule has 0 aliphatic heterocycles. The van der Waals surface area contributed by atoms with Gasteiger partial charge < -0.3 is 5.32 Å². The molecule has 0 unspecified atom stereocenters. The summed E-state index contributed by atoms with van der Waals surface area (Å²) < 4.78 is 15.0. The Hall–Kier alpha value is -2.80. The lowest BCUT2D eigenvalue weighted by Crippen LogP contribution is -2.27. The van der Waals surface area contributed by atoms with E-state index in [0.717, 1.165) is 0 Å². The number of nitrogens with zero attached hydrogens (tertiary/aromatic N) is 4. The summed E-state index contributed by atoms with van der Waals surface area (Å²) in [4.78, 5) is 12.4. The van der Waals surface area contributed by atoms with Gasteiger partial charge >= 0.3 is 0 Å². The molecule has 0 fully saturated rings. The standard InChI is InChI=1S/C16H13ClFN5O/c17-12-5-6-15(23-10-20-21-22-23)13(9-12)16(24)19-8-7-11-3-1-2-4-14(11)18/h1-6,9-10H,7-8H2,(H,19,24). The van der Waals surface area contributed by atoms with Crippen molar-refractivity contribution in [2.45, 2.75) is 6.42 Å². The molecular formula is C16H13ClFN5O. The Morgan fingerprint density at radius 1 is 1.25 bits per heavy atom. The van der Waals surface area contributed by atoms with Gasteiger partial charge in [0.15, 0.2) is 0 Å². The van der Waals surface area contributed by atoms with Crippen molar-refractivity contribution in [3.05, 3.63) is 70.8 Å². The predicted octanol–water partition coefficient (Wildman–Crippen LogP) is 2.43. The van der Waals surface area contributed by atoms with Gasteiger partial charge in [-0.05, 0) is 46.7 Å². The molecule has 1 amide bonds. The molecule has 2 aromatic carbocycles. The Morgan fingerprint density at radius 3 is 2.83 bits per heavy atom. The minimum absolute atomic E-state index is 0.288. The van der Waals surface area contributed by atoms with Gasteiger partial charge in [0, 0.05) is 11.6 Å². The molecule has 24 heavy (non-hydrogen) atoms. The van der Waals surface area contributed by atoms with Gasteiger partial charge in [-0.3, -0.25) is 4.79 Å². The van der Waals surface area contributed by atoms with Crippen molar-refractivity contribution >= 4 is 17.5 Å². The number of hydrogen-bond acceptors (Lipinski definition) is 4. The minimum Gasteiger partial charge on any atom is -0.352 e. The van der Waals surface area contributed by atoms with Gasteiger partial charge in [0.1, 0.15) is 12.1 Å². The zero-order valence-electron chi connectivity index (χ0n) is 12.5. The van der Waals surface area contributed by atoms with Crippen LogP contribution in [0, 0.1) is 5.82 Å². The molecule has 122 valence electrons. The summed E-state index contributed by atoms with van der Waals surface area (Å²) in [6, 6.07) is 11.3. The quantitative estimate of drug-likeness (QED) is 0.770. The maximum absolute atomic E-state index is 13.6. The van der Waals surface area contributed by atoms with E-state index >= 15 is 0 Å². The molecule has 0 aliphatic carbocycles. The third-order valence-corrected chi connectivity index (χ3v) is 3.67. The number of halogens is 2. The number of nitrogens with one attached hydrogen (secondary N) is 1. The molecule has 8 heteroatoms. The SMILES string of the molecule is O=C(NCCc1ccccc1F)c1cc(Cl)ccc1-n1cnnn1. The van der Waals surface area contributed by atoms with E-state index < -0.39 is 0 Å². The van der Waals surface area contributed by atoms with E-state index in [1.807, 2.05) is 0 Å². The lowest BCUT2D eigenvalue weighted by molar-refractivity contribution is 0.0954. The van der Waals surface area contributed by atoms with Crippen LogP contribution in [0.1, 0.15) is 15.9 Å². The van der Waals surface area contributed by atoms with Crippen molar-refractivity contribution in [2.24, 2.45) is 0 Å². The molecule has 0 aliphatic rings. The first kappa shape index (κ1) is 16.1. The lowest BCUT2D eigenvalue weighted by atomic mass is 10.1. The van der Waals surface area contributed by atoms with E-state index in [1.54, 1.807) is 30.3 Å². The number of aromatic nitrogens is 4. The monoisotopic (exact) mass is 345 g/mol. The first-order valence-corrected chi connectivity index (χ1v) is 7.57. The van der Waals surface area contributed by atoms with Gasteiger partial charge in [0.25, 0.3) is 5.91 Å². The van der Waals surface area contributed by atoms with Crippen LogP contribution in [0.3, 0.4) is 0 Å². The van der Waals surface area contributed by atoms with Gasteiger partial charge in [0.2, 0.25) is 0 Å². The molecule has 0 bridgehead atoms. The second-order valence-electron chi connectivity index (χ2n) is 5.01. The fourth-order valence-electron chi connectivity index (χ4n) is 2.27. The zero-order chi connectivity index (χ0) is 16.9. The summed E-state index contributed by atoms with van der Waals surface area (Å²) in [6.07, 6.45) is 1.78. The van der Waals surface area contributed by atoms with Crippen LogP contribution in [0.5, 0.6) is 0 Å². The normalized spacial score (nSPS) is 10.6. The van der Waals surface area contributed by atoms with Crippen molar-refractivity contribution < 1.29 is 9.18 Å². The van der Waals surface area contributed by atoms with Gasteiger partial charge in [0.05, 0.1) is 11.3 Å². The third kappa shape index (κ3) is 3.57. The second kappa shape index (κ2) is 7.18. The largest absolute Gasteiger partial charge is 0.352 e. The summed E-state index contributed by atoms with van der Waals surface area (Å²) in [5, 5.41) is 14.1. The first-order valence-electron chi connectivity index (χ1n) is 7.19. The molecule has 0 radical (unpaired) electrons. The van der Waals surface area contributed by atoms with Crippen LogP contribution in [0.4, 0.5) is 4.39 Å². The molecule has 0 atom stereocenters. The summed E-state index contributed by atoms with van der Waals surface area (Å²) in [6.45, 7) is 0.293. The number of rotatable bonds is 5. The molecule has 0 saturated heterocycles. The average molecular weight is 346 g/mol. The fourth-order valence-corrected chi connectivity index (χ4v) is 2.44. The average Bonchev–Trinajstić information content (AvgIpc) is 3.11. The maximum Gasteiger partial charge on any atom is 0.253 e. The summed E-state index contributed by atoms with van der Waals surface area (Å²) in [5.41, 5.74) is 1.39. The maximum atomic E-state index is 13.6. The third-order valence-electron chi connectivity index (χ3n) is 3.44. The van der Waals surface area contributed by atoms with E-state index in [1.165, 1.54) is 23.1 Å². The highest BCUT2D eigenvalue weighted by Crippen LogP contribution is 2.19. The van der Waals surface area contributed by atoms with Gasteiger partial charge in [-0.25, -0.2) is 4.39 Å². The highest BCUT2D eigenvalue weighted by atomic mass is 35.5. The lowest BCUT2D eigenvalue weighted by Gasteiger charge is -2.10. The van der Waals surface area contributed by atoms with Gasteiger partial charge in [-0.2, -0.15) is 4.68 Å². The van der Waals surface area contributed by atoms with E-state index in [2.05, 4.69) is 20.8 Å². The molecule has 1 heterocycles. The number of carbonyl (C=O) groups excluding carboxylic acids is 1. The topological polar surface area (TPSA) is 72.7 Å². The number of tetrazole rings is 1. The van der Waals surface area contributed by atoms with Crippen LogP contribution < -0.4 is 5.32 Å². The molecule has 6 nitrogen and oxygen atoms in total. The number of carbonyl (C=O) groups is 1. The molecule has 0 spiro atoms. The number of amides is 1. The predicted molar refractivity (Wildman–Crippen MR) is 86.6 cm³/mol. The van der Waals surface area contributed by atoms with Crippen molar-refractivity contribution in [1.29, 1.82) is 0 Å². The summed E-state index contributed by atoms with van der Waals surface area (Å²) in [7, 11) is 0. The molecular weight excluding hydrogens is 333 g/mol. The highest BCUT2D eigenvalue weighted by molar-refractivity contribution is 6.31. The fraction of sp³-hybridized carbons (Fsp3) is 0.125. The minimum atomic E-state index is -0.334. The van der Waals surface area contributed by atoms with Crippen LogP contribution in [-0.4, -0.2) is 32.7 Å². The van der Waals surface area contributed by atoms with Gasteiger partial charge in [-0.1, -0.05) is 29.8 Å². The second-order valence-corrected chi connectivity index (χ2v) is 5.45. The van der Waals surface area contributed by atoms with E-state index in [-0.39, 0.29) is 11.7 Å². The first-order chi connectivity index (χ1) is 11.6. The molecule has 1 aromatic heterocycles. The highest BCUT2D eigenvalue weighted by Gasteiger charge is 2.14. The van der Waals surface area contributed by atoms with Crippen molar-refractivity contribution in [1.82, 2.24) is 25.5 Å². The summed E-state index contributed by atoms with van der Waals surface area (Å²) in [5.74, 6) is -0.622. The number of benzene rings is 2. The molecule has 3 aromatic rings. The van der Waals surface area contributed by atoms with E-state index in [4.69, 9.17) is 11.6 Å². The zero-order valence-corrected chi connectivity index (χ0v) is 13.2. The Bertz CT molecular complexity index is 853. The Labute approximate surface area is 142 Å². The van der Waals surface area contributed by atoms with E-state index in [0.29, 0.717) is 34.8 Å². The molecule has 3 rings (SSSR count). The van der Waals surface area contributed by atoms with Crippen LogP contribution >= 0.6 is 11.6 Å². The van der Waals surface area contributed by atoms with Crippen molar-refractivity contribution in [3.8, 4) is 5.69 Å². The smallest absolute Gasteiger partial charge is 0.253 e. The molecule has 0 saturated carbocycles. The Kier molecular flexibility index (Phi) is 4.81. The molecule has 1 N–H and O–H groups in total.